The monoisotopic (exact) mass is 314 g/mol. The van der Waals surface area contributed by atoms with Crippen LogP contribution in [0.1, 0.15) is 11.1 Å². The molecular weight excluding hydrogens is 296 g/mol. The first-order valence-corrected chi connectivity index (χ1v) is 6.90. The SMILES string of the molecule is COC(=O)C(=Cc1ccc(O)cc1)c1ccc(OC)c(OC)c1. The highest BCUT2D eigenvalue weighted by Gasteiger charge is 2.15. The topological polar surface area (TPSA) is 65.0 Å². The molecule has 2 rings (SSSR count). The largest absolute Gasteiger partial charge is 0.508 e. The van der Waals surface area contributed by atoms with Gasteiger partial charge >= 0.3 is 5.97 Å². The minimum atomic E-state index is -0.467. The summed E-state index contributed by atoms with van der Waals surface area (Å²) in [4.78, 5) is 12.1. The Kier molecular flexibility index (Phi) is 5.25. The molecule has 0 spiro atoms. The minimum Gasteiger partial charge on any atom is -0.508 e. The van der Waals surface area contributed by atoms with Gasteiger partial charge in [0.25, 0.3) is 0 Å². The number of carbonyl (C=O) groups is 1. The summed E-state index contributed by atoms with van der Waals surface area (Å²) in [6.45, 7) is 0. The predicted octanol–water partition coefficient (Wildman–Crippen LogP) is 3.12. The van der Waals surface area contributed by atoms with Crippen molar-refractivity contribution in [1.82, 2.24) is 0 Å². The fourth-order valence-corrected chi connectivity index (χ4v) is 2.11. The van der Waals surface area contributed by atoms with E-state index in [0.29, 0.717) is 22.6 Å². The Morgan fingerprint density at radius 3 is 2.17 bits per heavy atom. The predicted molar refractivity (Wildman–Crippen MR) is 87.5 cm³/mol. The van der Waals surface area contributed by atoms with E-state index in [9.17, 15) is 9.90 Å². The van der Waals surface area contributed by atoms with Crippen molar-refractivity contribution in [2.45, 2.75) is 0 Å². The average molecular weight is 314 g/mol. The first-order valence-electron chi connectivity index (χ1n) is 6.90. The maximum absolute atomic E-state index is 12.1. The second-order valence-electron chi connectivity index (χ2n) is 4.71. The van der Waals surface area contributed by atoms with Gasteiger partial charge in [0.05, 0.1) is 26.9 Å². The summed E-state index contributed by atoms with van der Waals surface area (Å²) in [6.07, 6.45) is 1.69. The van der Waals surface area contributed by atoms with Crippen molar-refractivity contribution < 1.29 is 24.1 Å². The van der Waals surface area contributed by atoms with Crippen molar-refractivity contribution in [3.63, 3.8) is 0 Å². The van der Waals surface area contributed by atoms with Crippen LogP contribution in [0.4, 0.5) is 0 Å². The lowest BCUT2D eigenvalue weighted by molar-refractivity contribution is -0.133. The van der Waals surface area contributed by atoms with Crippen LogP contribution < -0.4 is 9.47 Å². The Bertz CT molecular complexity index is 717. The van der Waals surface area contributed by atoms with Gasteiger partial charge in [-0.15, -0.1) is 0 Å². The normalized spacial score (nSPS) is 11.0. The number of rotatable bonds is 5. The highest BCUT2D eigenvalue weighted by Crippen LogP contribution is 2.31. The van der Waals surface area contributed by atoms with Crippen LogP contribution in [0, 0.1) is 0 Å². The Labute approximate surface area is 134 Å². The third-order valence-electron chi connectivity index (χ3n) is 3.30. The van der Waals surface area contributed by atoms with E-state index >= 15 is 0 Å². The smallest absolute Gasteiger partial charge is 0.338 e. The Morgan fingerprint density at radius 2 is 1.61 bits per heavy atom. The molecule has 0 unspecified atom stereocenters. The molecule has 0 aliphatic rings. The lowest BCUT2D eigenvalue weighted by Gasteiger charge is -2.11. The summed E-state index contributed by atoms with van der Waals surface area (Å²) in [5.74, 6) is 0.786. The van der Waals surface area contributed by atoms with Gasteiger partial charge in [0, 0.05) is 0 Å². The molecule has 0 saturated carbocycles. The molecule has 2 aromatic rings. The fourth-order valence-electron chi connectivity index (χ4n) is 2.11. The molecule has 0 aliphatic carbocycles. The van der Waals surface area contributed by atoms with Gasteiger partial charge in [-0.1, -0.05) is 18.2 Å². The van der Waals surface area contributed by atoms with Crippen molar-refractivity contribution in [3.8, 4) is 17.2 Å². The van der Waals surface area contributed by atoms with E-state index in [1.807, 2.05) is 0 Å². The average Bonchev–Trinajstić information content (AvgIpc) is 2.60. The van der Waals surface area contributed by atoms with Crippen LogP contribution in [-0.4, -0.2) is 32.4 Å². The molecule has 0 saturated heterocycles. The molecule has 0 fully saturated rings. The molecule has 0 amide bonds. The van der Waals surface area contributed by atoms with Crippen LogP contribution in [0.3, 0.4) is 0 Å². The first-order chi connectivity index (χ1) is 11.1. The molecule has 5 nitrogen and oxygen atoms in total. The number of esters is 1. The maximum atomic E-state index is 12.1. The van der Waals surface area contributed by atoms with Crippen molar-refractivity contribution >= 4 is 17.6 Å². The number of phenolic OH excluding ortho intramolecular Hbond substituents is 1. The van der Waals surface area contributed by atoms with Crippen LogP contribution in [0.25, 0.3) is 11.6 Å². The van der Waals surface area contributed by atoms with Crippen LogP contribution in [-0.2, 0) is 9.53 Å². The maximum Gasteiger partial charge on any atom is 0.338 e. The zero-order valence-corrected chi connectivity index (χ0v) is 13.2. The number of hydrogen-bond donors (Lipinski definition) is 1. The fraction of sp³-hybridized carbons (Fsp3) is 0.167. The van der Waals surface area contributed by atoms with E-state index in [4.69, 9.17) is 14.2 Å². The number of benzene rings is 2. The van der Waals surface area contributed by atoms with E-state index in [1.165, 1.54) is 14.2 Å². The van der Waals surface area contributed by atoms with E-state index in [0.717, 1.165) is 5.56 Å². The summed E-state index contributed by atoms with van der Waals surface area (Å²) in [7, 11) is 4.40. The summed E-state index contributed by atoms with van der Waals surface area (Å²) in [5, 5.41) is 9.35. The molecule has 1 N–H and O–H groups in total. The molecule has 0 atom stereocenters. The van der Waals surface area contributed by atoms with Gasteiger partial charge in [0.2, 0.25) is 0 Å². The molecule has 0 radical (unpaired) electrons. The summed E-state index contributed by atoms with van der Waals surface area (Å²) < 4.78 is 15.3. The lowest BCUT2D eigenvalue weighted by Crippen LogP contribution is -2.04. The third-order valence-corrected chi connectivity index (χ3v) is 3.30. The van der Waals surface area contributed by atoms with Gasteiger partial charge in [0.1, 0.15) is 5.75 Å². The van der Waals surface area contributed by atoms with Gasteiger partial charge in [0.15, 0.2) is 11.5 Å². The number of phenols is 1. The zero-order valence-electron chi connectivity index (χ0n) is 13.2. The number of ether oxygens (including phenoxy) is 3. The minimum absolute atomic E-state index is 0.160. The third kappa shape index (κ3) is 3.83. The Hall–Kier alpha value is -2.95. The molecule has 0 aliphatic heterocycles. The highest BCUT2D eigenvalue weighted by atomic mass is 16.5. The number of methoxy groups -OCH3 is 3. The van der Waals surface area contributed by atoms with Crippen LogP contribution in [0.2, 0.25) is 0 Å². The van der Waals surface area contributed by atoms with Crippen LogP contribution in [0.5, 0.6) is 17.2 Å². The van der Waals surface area contributed by atoms with Gasteiger partial charge in [-0.2, -0.15) is 0 Å². The molecule has 0 bridgehead atoms. The van der Waals surface area contributed by atoms with E-state index in [1.54, 1.807) is 55.7 Å². The zero-order chi connectivity index (χ0) is 16.8. The lowest BCUT2D eigenvalue weighted by atomic mass is 10.0. The summed E-state index contributed by atoms with van der Waals surface area (Å²) in [6, 6.07) is 11.7. The van der Waals surface area contributed by atoms with Crippen LogP contribution in [0.15, 0.2) is 42.5 Å². The van der Waals surface area contributed by atoms with Crippen molar-refractivity contribution in [3.05, 3.63) is 53.6 Å². The van der Waals surface area contributed by atoms with Crippen molar-refractivity contribution in [2.24, 2.45) is 0 Å². The molecule has 0 heterocycles. The quantitative estimate of drug-likeness (QED) is 0.522. The van der Waals surface area contributed by atoms with Gasteiger partial charge in [-0.25, -0.2) is 4.79 Å². The molecule has 5 heteroatoms. The summed E-state index contributed by atoms with van der Waals surface area (Å²) in [5.41, 5.74) is 1.78. The number of aromatic hydroxyl groups is 1. The van der Waals surface area contributed by atoms with E-state index < -0.39 is 5.97 Å². The number of carbonyl (C=O) groups excluding carboxylic acids is 1. The number of hydrogen-bond acceptors (Lipinski definition) is 5. The van der Waals surface area contributed by atoms with Gasteiger partial charge < -0.3 is 19.3 Å². The molecule has 2 aromatic carbocycles. The van der Waals surface area contributed by atoms with E-state index in [-0.39, 0.29) is 5.75 Å². The first kappa shape index (κ1) is 16.4. The van der Waals surface area contributed by atoms with Gasteiger partial charge in [-0.05, 0) is 41.5 Å². The van der Waals surface area contributed by atoms with Crippen molar-refractivity contribution in [2.75, 3.05) is 21.3 Å². The van der Waals surface area contributed by atoms with Crippen LogP contribution >= 0.6 is 0 Å². The molecular formula is C18H18O5. The second-order valence-corrected chi connectivity index (χ2v) is 4.71. The highest BCUT2D eigenvalue weighted by molar-refractivity contribution is 6.21. The standard InChI is InChI=1S/C18H18O5/c1-21-16-9-6-13(11-17(16)22-2)15(18(20)23-3)10-12-4-7-14(19)8-5-12/h4-11,19H,1-3H3. The summed E-state index contributed by atoms with van der Waals surface area (Å²) >= 11 is 0. The Balaban J connectivity index is 2.51. The molecule has 120 valence electrons. The molecule has 23 heavy (non-hydrogen) atoms. The Morgan fingerprint density at radius 1 is 0.957 bits per heavy atom. The van der Waals surface area contributed by atoms with Crippen molar-refractivity contribution in [1.29, 1.82) is 0 Å². The second kappa shape index (κ2) is 7.35. The van der Waals surface area contributed by atoms with Gasteiger partial charge in [-0.3, -0.25) is 0 Å². The molecule has 0 aromatic heterocycles. The van der Waals surface area contributed by atoms with E-state index in [2.05, 4.69) is 0 Å².